The molecule has 0 aromatic heterocycles. The molecule has 0 heterocycles. The predicted molar refractivity (Wildman–Crippen MR) is 79.9 cm³/mol. The molecule has 0 rings (SSSR count). The van der Waals surface area contributed by atoms with E-state index in [1.165, 1.54) is 12.6 Å². The topological polar surface area (TPSA) is 0 Å². The van der Waals surface area contributed by atoms with E-state index in [0.717, 1.165) is 14.9 Å². The van der Waals surface area contributed by atoms with Crippen LogP contribution in [0.25, 0.3) is 0 Å². The lowest BCUT2D eigenvalue weighted by atomic mass is 9.74. The Balaban J connectivity index is 4.11. The molecule has 0 saturated heterocycles. The fourth-order valence-electron chi connectivity index (χ4n) is 2.14. The highest BCUT2D eigenvalue weighted by atomic mass is 127. The Morgan fingerprint density at radius 1 is 1.29 bits per heavy atom. The number of rotatable bonds is 7. The van der Waals surface area contributed by atoms with Gasteiger partial charge < -0.3 is 0 Å². The van der Waals surface area contributed by atoms with Crippen LogP contribution in [0.5, 0.6) is 0 Å². The Bertz CT molecular complexity index is 178. The number of allylic oxidation sites excluding steroid dienone is 1. The van der Waals surface area contributed by atoms with Gasteiger partial charge in [-0.1, -0.05) is 33.8 Å². The quantitative estimate of drug-likeness (QED) is 0.277. The summed E-state index contributed by atoms with van der Waals surface area (Å²) in [6.07, 6.45) is 5.76. The van der Waals surface area contributed by atoms with E-state index < -0.39 is 0 Å². The first-order valence-corrected chi connectivity index (χ1v) is 7.62. The van der Waals surface area contributed by atoms with Crippen molar-refractivity contribution in [2.24, 2.45) is 10.8 Å². The van der Waals surface area contributed by atoms with Crippen LogP contribution in [-0.4, -0.2) is 11.0 Å². The normalized spacial score (nSPS) is 13.5. The van der Waals surface area contributed by atoms with Gasteiger partial charge in [-0.15, -0.1) is 15.0 Å². The van der Waals surface area contributed by atoms with Crippen molar-refractivity contribution in [3.63, 3.8) is 0 Å². The zero-order valence-corrected chi connectivity index (χ0v) is 13.0. The van der Waals surface area contributed by atoms with Gasteiger partial charge in [0.1, 0.15) is 0 Å². The van der Waals surface area contributed by atoms with E-state index in [1.807, 2.05) is 6.08 Å². The average molecular weight is 323 g/mol. The van der Waals surface area contributed by atoms with Crippen LogP contribution in [0.1, 0.15) is 40.5 Å². The van der Waals surface area contributed by atoms with Crippen LogP contribution >= 0.6 is 30.8 Å². The van der Waals surface area contributed by atoms with Crippen LogP contribution in [0.2, 0.25) is 0 Å². The Morgan fingerprint density at radius 2 is 1.86 bits per heavy atom. The highest BCUT2D eigenvalue weighted by Crippen LogP contribution is 2.39. The van der Waals surface area contributed by atoms with Crippen LogP contribution in [0.3, 0.4) is 0 Å². The summed E-state index contributed by atoms with van der Waals surface area (Å²) in [6, 6.07) is 0. The summed E-state index contributed by atoms with van der Waals surface area (Å²) < 4.78 is 0. The standard InChI is InChI=1S/C11H22BIP/c1-6-7-10(2,3)8-11(4,5)9-14-12-13/h6,14H,1,7-9H2,2-5H3. The molecule has 3 heteroatoms. The molecule has 0 amide bonds. The molecule has 0 spiro atoms. The van der Waals surface area contributed by atoms with Crippen LogP contribution in [0, 0.1) is 10.8 Å². The summed E-state index contributed by atoms with van der Waals surface area (Å²) in [7, 11) is 0.990. The van der Waals surface area contributed by atoms with E-state index in [0.29, 0.717) is 10.8 Å². The van der Waals surface area contributed by atoms with Crippen molar-refractivity contribution >= 4 is 35.7 Å². The summed E-state index contributed by atoms with van der Waals surface area (Å²) in [4.78, 5) is 2.26. The van der Waals surface area contributed by atoms with E-state index in [1.54, 1.807) is 0 Å². The average Bonchev–Trinajstić information content (AvgIpc) is 1.98. The third-order valence-corrected chi connectivity index (χ3v) is 4.95. The van der Waals surface area contributed by atoms with Crippen molar-refractivity contribution < 1.29 is 0 Å². The second kappa shape index (κ2) is 6.53. The highest BCUT2D eigenvalue weighted by molar-refractivity contribution is 14.1. The number of hydrogen-bond acceptors (Lipinski definition) is 0. The molecule has 1 radical (unpaired) electrons. The van der Waals surface area contributed by atoms with Gasteiger partial charge in [0.25, 0.3) is 0 Å². The lowest BCUT2D eigenvalue weighted by molar-refractivity contribution is 0.219. The second-order valence-corrected chi connectivity index (χ2v) is 8.34. The van der Waals surface area contributed by atoms with E-state index >= 15 is 0 Å². The van der Waals surface area contributed by atoms with Gasteiger partial charge in [0.2, 0.25) is 4.86 Å². The van der Waals surface area contributed by atoms with Crippen molar-refractivity contribution in [1.29, 1.82) is 0 Å². The third-order valence-electron chi connectivity index (χ3n) is 2.31. The molecule has 0 nitrogen and oxygen atoms in total. The lowest BCUT2D eigenvalue weighted by Crippen LogP contribution is -2.24. The van der Waals surface area contributed by atoms with Crippen LogP contribution in [0.4, 0.5) is 0 Å². The molecule has 81 valence electrons. The first kappa shape index (κ1) is 15.0. The molecule has 0 aliphatic heterocycles. The number of halogens is 1. The largest absolute Gasteiger partial charge is 0.230 e. The molecule has 0 aliphatic carbocycles. The minimum atomic E-state index is 0.404. The molecule has 0 aromatic rings. The predicted octanol–water partition coefficient (Wildman–Crippen LogP) is 4.65. The molecule has 0 saturated carbocycles. The van der Waals surface area contributed by atoms with Gasteiger partial charge in [0, 0.05) is 0 Å². The monoisotopic (exact) mass is 323 g/mol. The fraction of sp³-hybridized carbons (Fsp3) is 0.818. The third kappa shape index (κ3) is 7.28. The van der Waals surface area contributed by atoms with Crippen LogP contribution in [0.15, 0.2) is 12.7 Å². The van der Waals surface area contributed by atoms with Crippen LogP contribution in [-0.2, 0) is 0 Å². The molecule has 1 atom stereocenters. The maximum Gasteiger partial charge on any atom is 0.230 e. The van der Waals surface area contributed by atoms with Gasteiger partial charge in [0.15, 0.2) is 0 Å². The van der Waals surface area contributed by atoms with E-state index in [4.69, 9.17) is 0 Å². The van der Waals surface area contributed by atoms with Gasteiger partial charge >= 0.3 is 0 Å². The molecular formula is C11H22BIP. The molecule has 0 bridgehead atoms. The highest BCUT2D eigenvalue weighted by Gasteiger charge is 2.27. The smallest absolute Gasteiger partial charge is 0.152 e. The van der Waals surface area contributed by atoms with Gasteiger partial charge in [-0.05, 0) is 29.8 Å². The molecular weight excluding hydrogens is 301 g/mol. The minimum Gasteiger partial charge on any atom is -0.152 e. The summed E-state index contributed by atoms with van der Waals surface area (Å²) >= 11 is 2.35. The Kier molecular flexibility index (Phi) is 6.98. The Morgan fingerprint density at radius 3 is 2.29 bits per heavy atom. The maximum absolute atomic E-state index is 3.83. The van der Waals surface area contributed by atoms with Crippen molar-refractivity contribution in [2.75, 3.05) is 6.16 Å². The molecule has 14 heavy (non-hydrogen) atoms. The van der Waals surface area contributed by atoms with E-state index in [2.05, 4.69) is 61.5 Å². The summed E-state index contributed by atoms with van der Waals surface area (Å²) in [5.74, 6) is 0. The Labute approximate surface area is 106 Å². The van der Waals surface area contributed by atoms with E-state index in [9.17, 15) is 0 Å². The van der Waals surface area contributed by atoms with Crippen molar-refractivity contribution in [1.82, 2.24) is 0 Å². The minimum absolute atomic E-state index is 0.404. The van der Waals surface area contributed by atoms with Crippen molar-refractivity contribution in [3.8, 4) is 0 Å². The molecule has 1 unspecified atom stereocenters. The number of hydrogen-bond donors (Lipinski definition) is 0. The van der Waals surface area contributed by atoms with Crippen molar-refractivity contribution in [3.05, 3.63) is 12.7 Å². The van der Waals surface area contributed by atoms with Crippen molar-refractivity contribution in [2.45, 2.75) is 40.5 Å². The molecule has 0 aliphatic rings. The van der Waals surface area contributed by atoms with Gasteiger partial charge in [-0.2, -0.15) is 22.4 Å². The summed E-state index contributed by atoms with van der Waals surface area (Å²) in [5, 5.41) is 0. The maximum atomic E-state index is 3.83. The lowest BCUT2D eigenvalue weighted by Gasteiger charge is -2.34. The van der Waals surface area contributed by atoms with E-state index in [-0.39, 0.29) is 0 Å². The Hall–Kier alpha value is 0.965. The first-order valence-electron chi connectivity index (χ1n) is 5.09. The zero-order valence-electron chi connectivity index (χ0n) is 9.86. The molecule has 0 fully saturated rings. The van der Waals surface area contributed by atoms with Gasteiger partial charge in [0.05, 0.1) is 0 Å². The fourth-order valence-corrected chi connectivity index (χ4v) is 3.55. The summed E-state index contributed by atoms with van der Waals surface area (Å²) in [6.45, 7) is 13.3. The molecule has 0 N–H and O–H groups in total. The SMILES string of the molecule is C=CCC(C)(C)CC(C)(C)CP[B]I. The van der Waals surface area contributed by atoms with Gasteiger partial charge in [-0.25, -0.2) is 0 Å². The first-order chi connectivity index (χ1) is 6.33. The second-order valence-electron chi connectivity index (χ2n) is 5.49. The van der Waals surface area contributed by atoms with Gasteiger partial charge in [-0.3, -0.25) is 0 Å². The van der Waals surface area contributed by atoms with Crippen LogP contribution < -0.4 is 0 Å². The molecule has 0 aromatic carbocycles. The zero-order chi connectivity index (χ0) is 11.2. The summed E-state index contributed by atoms with van der Waals surface area (Å²) in [5.41, 5.74) is 0.869.